The van der Waals surface area contributed by atoms with E-state index in [0.717, 1.165) is 5.69 Å². The zero-order chi connectivity index (χ0) is 24.5. The van der Waals surface area contributed by atoms with Crippen LogP contribution in [0, 0.1) is 6.92 Å². The summed E-state index contributed by atoms with van der Waals surface area (Å²) >= 11 is 0. The third-order valence-corrected chi connectivity index (χ3v) is 8.54. The van der Waals surface area contributed by atoms with Crippen molar-refractivity contribution >= 4 is 24.5 Å². The number of benzene rings is 2. The fourth-order valence-electron chi connectivity index (χ4n) is 4.08. The number of aliphatic imine (C=N–C) groups is 1. The molecule has 0 unspecified atom stereocenters. The van der Waals surface area contributed by atoms with Crippen LogP contribution in [0.4, 0.5) is 5.82 Å². The molecular weight excluding hydrogens is 455 g/mol. The van der Waals surface area contributed by atoms with Crippen molar-refractivity contribution in [3.63, 3.8) is 0 Å². The SMILES string of the molecule is CCN(CC)[P@]1(=O)OC(c2cc(OC)c(OC)c(OC)c2)=Nc2c1c(C)nn2-c1ccccc1. The Balaban J connectivity index is 2.00. The van der Waals surface area contributed by atoms with Crippen molar-refractivity contribution in [1.29, 1.82) is 0 Å². The summed E-state index contributed by atoms with van der Waals surface area (Å²) in [5.74, 6) is 2.01. The van der Waals surface area contributed by atoms with Gasteiger partial charge in [-0.3, -0.25) is 4.57 Å². The lowest BCUT2D eigenvalue weighted by Crippen LogP contribution is -2.32. The Kier molecular flexibility index (Phi) is 6.68. The van der Waals surface area contributed by atoms with Gasteiger partial charge in [0, 0.05) is 18.7 Å². The number of aryl methyl sites for hydroxylation is 1. The number of hydrogen-bond acceptors (Lipinski definition) is 7. The van der Waals surface area contributed by atoms with E-state index in [1.807, 2.05) is 55.8 Å². The fourth-order valence-corrected chi connectivity index (χ4v) is 6.55. The zero-order valence-electron chi connectivity index (χ0n) is 20.2. The quantitative estimate of drug-likeness (QED) is 0.436. The molecule has 2 heterocycles. The van der Waals surface area contributed by atoms with E-state index in [1.54, 1.807) is 16.8 Å². The Hall–Kier alpha value is -3.29. The Labute approximate surface area is 199 Å². The van der Waals surface area contributed by atoms with Crippen LogP contribution in [0.3, 0.4) is 0 Å². The van der Waals surface area contributed by atoms with E-state index in [-0.39, 0.29) is 5.90 Å². The first-order chi connectivity index (χ1) is 16.4. The van der Waals surface area contributed by atoms with Crippen molar-refractivity contribution in [3.05, 3.63) is 53.7 Å². The van der Waals surface area contributed by atoms with E-state index in [0.29, 0.717) is 52.7 Å². The Morgan fingerprint density at radius 2 is 1.62 bits per heavy atom. The third kappa shape index (κ3) is 3.85. The number of rotatable bonds is 8. The van der Waals surface area contributed by atoms with Crippen LogP contribution in [-0.2, 0) is 9.09 Å². The number of fused-ring (bicyclic) bond motifs is 1. The first-order valence-corrected chi connectivity index (χ1v) is 12.6. The molecule has 1 aliphatic rings. The maximum atomic E-state index is 14.6. The first kappa shape index (κ1) is 23.9. The van der Waals surface area contributed by atoms with Crippen LogP contribution in [0.5, 0.6) is 17.2 Å². The van der Waals surface area contributed by atoms with E-state index >= 15 is 0 Å². The van der Waals surface area contributed by atoms with Crippen LogP contribution in [0.15, 0.2) is 47.5 Å². The molecule has 4 rings (SSSR count). The van der Waals surface area contributed by atoms with E-state index in [1.165, 1.54) is 21.3 Å². The lowest BCUT2D eigenvalue weighted by Gasteiger charge is -2.32. The van der Waals surface area contributed by atoms with Crippen molar-refractivity contribution in [2.24, 2.45) is 4.99 Å². The van der Waals surface area contributed by atoms with Gasteiger partial charge in [0.15, 0.2) is 17.3 Å². The Morgan fingerprint density at radius 3 is 2.15 bits per heavy atom. The summed E-state index contributed by atoms with van der Waals surface area (Å²) < 4.78 is 40.8. The highest BCUT2D eigenvalue weighted by molar-refractivity contribution is 7.65. The molecule has 0 N–H and O–H groups in total. The van der Waals surface area contributed by atoms with Gasteiger partial charge in [0.2, 0.25) is 11.6 Å². The van der Waals surface area contributed by atoms with Crippen molar-refractivity contribution in [1.82, 2.24) is 14.5 Å². The molecule has 1 aromatic heterocycles. The average molecular weight is 484 g/mol. The van der Waals surface area contributed by atoms with Gasteiger partial charge in [-0.25, -0.2) is 9.35 Å². The molecule has 10 heteroatoms. The molecule has 34 heavy (non-hydrogen) atoms. The summed E-state index contributed by atoms with van der Waals surface area (Å²) in [5, 5.41) is 5.20. The molecular formula is C24H29N4O5P. The van der Waals surface area contributed by atoms with Gasteiger partial charge in [-0.15, -0.1) is 0 Å². The molecule has 0 saturated heterocycles. The molecule has 3 aromatic rings. The largest absolute Gasteiger partial charge is 0.493 e. The van der Waals surface area contributed by atoms with E-state index in [4.69, 9.17) is 28.8 Å². The lowest BCUT2D eigenvalue weighted by atomic mass is 10.1. The van der Waals surface area contributed by atoms with Crippen molar-refractivity contribution in [2.75, 3.05) is 34.4 Å². The third-order valence-electron chi connectivity index (χ3n) is 5.72. The summed E-state index contributed by atoms with van der Waals surface area (Å²) in [6.07, 6.45) is 0. The number of methoxy groups -OCH3 is 3. The van der Waals surface area contributed by atoms with Crippen LogP contribution in [0.1, 0.15) is 25.1 Å². The molecule has 0 radical (unpaired) electrons. The molecule has 9 nitrogen and oxygen atoms in total. The zero-order valence-corrected chi connectivity index (χ0v) is 21.1. The number of ether oxygens (including phenoxy) is 3. The number of aromatic nitrogens is 2. The molecule has 0 saturated carbocycles. The van der Waals surface area contributed by atoms with Crippen molar-refractivity contribution in [3.8, 4) is 22.9 Å². The number of para-hydroxylation sites is 1. The van der Waals surface area contributed by atoms with Crippen LogP contribution in [-0.4, -0.2) is 54.8 Å². The molecule has 1 aliphatic heterocycles. The minimum atomic E-state index is -3.53. The Morgan fingerprint density at radius 1 is 1.00 bits per heavy atom. The molecule has 0 bridgehead atoms. The number of nitrogens with zero attached hydrogens (tertiary/aromatic N) is 4. The molecule has 0 fully saturated rings. The predicted octanol–water partition coefficient (Wildman–Crippen LogP) is 4.48. The van der Waals surface area contributed by atoms with Gasteiger partial charge < -0.3 is 18.7 Å². The molecule has 2 aromatic carbocycles. The van der Waals surface area contributed by atoms with Gasteiger partial charge in [-0.05, 0) is 31.2 Å². The van der Waals surface area contributed by atoms with Crippen LogP contribution >= 0.6 is 7.52 Å². The highest BCUT2D eigenvalue weighted by Crippen LogP contribution is 2.56. The minimum Gasteiger partial charge on any atom is -0.493 e. The maximum absolute atomic E-state index is 14.6. The molecule has 1 atom stereocenters. The second-order valence-corrected chi connectivity index (χ2v) is 9.82. The lowest BCUT2D eigenvalue weighted by molar-refractivity contribution is 0.324. The molecule has 180 valence electrons. The normalized spacial score (nSPS) is 17.1. The highest BCUT2D eigenvalue weighted by Gasteiger charge is 2.45. The summed E-state index contributed by atoms with van der Waals surface area (Å²) in [5.41, 5.74) is 1.97. The molecule has 0 amide bonds. The van der Waals surface area contributed by atoms with Crippen LogP contribution < -0.4 is 19.5 Å². The predicted molar refractivity (Wildman–Crippen MR) is 132 cm³/mol. The van der Waals surface area contributed by atoms with Gasteiger partial charge in [0.05, 0.1) is 32.7 Å². The van der Waals surface area contributed by atoms with Gasteiger partial charge in [-0.1, -0.05) is 32.0 Å². The van der Waals surface area contributed by atoms with Gasteiger partial charge in [0.25, 0.3) is 0 Å². The second-order valence-electron chi connectivity index (χ2n) is 7.59. The second kappa shape index (κ2) is 9.52. The van der Waals surface area contributed by atoms with Crippen LogP contribution in [0.25, 0.3) is 5.69 Å². The monoisotopic (exact) mass is 484 g/mol. The minimum absolute atomic E-state index is 0.194. The topological polar surface area (TPSA) is 87.4 Å². The van der Waals surface area contributed by atoms with Gasteiger partial charge in [-0.2, -0.15) is 10.1 Å². The summed E-state index contributed by atoms with van der Waals surface area (Å²) in [7, 11) is 1.08. The van der Waals surface area contributed by atoms with E-state index in [9.17, 15) is 4.57 Å². The molecule has 0 spiro atoms. The smallest absolute Gasteiger partial charge is 0.356 e. The number of hydrogen-bond donors (Lipinski definition) is 0. The standard InChI is InChI=1S/C24H29N4O5P/c1-7-27(8-2)34(29)22-16(3)26-28(18-12-10-9-11-13-18)23(22)25-24(33-34)17-14-19(30-4)21(32-6)20(15-17)31-5/h9-15H,7-8H2,1-6H3/t34-/m1/s1. The molecule has 0 aliphatic carbocycles. The van der Waals surface area contributed by atoms with E-state index in [2.05, 4.69) is 0 Å². The van der Waals surface area contributed by atoms with Crippen molar-refractivity contribution < 1.29 is 23.3 Å². The summed E-state index contributed by atoms with van der Waals surface area (Å²) in [6, 6.07) is 13.1. The first-order valence-electron chi connectivity index (χ1n) is 11.0. The van der Waals surface area contributed by atoms with Gasteiger partial charge >= 0.3 is 7.52 Å². The maximum Gasteiger partial charge on any atom is 0.356 e. The fraction of sp³-hybridized carbons (Fsp3) is 0.333. The summed E-state index contributed by atoms with van der Waals surface area (Å²) in [4.78, 5) is 4.81. The summed E-state index contributed by atoms with van der Waals surface area (Å²) in [6.45, 7) is 6.80. The highest BCUT2D eigenvalue weighted by atomic mass is 31.2. The van der Waals surface area contributed by atoms with E-state index < -0.39 is 7.52 Å². The Bertz CT molecular complexity index is 1240. The van der Waals surface area contributed by atoms with Gasteiger partial charge in [0.1, 0.15) is 5.30 Å². The van der Waals surface area contributed by atoms with Crippen molar-refractivity contribution in [2.45, 2.75) is 20.8 Å². The van der Waals surface area contributed by atoms with Crippen LogP contribution in [0.2, 0.25) is 0 Å². The average Bonchev–Trinajstić information content (AvgIpc) is 3.21.